The van der Waals surface area contributed by atoms with Gasteiger partial charge in [0, 0.05) is 24.0 Å². The van der Waals surface area contributed by atoms with E-state index in [4.69, 9.17) is 21.1 Å². The lowest BCUT2D eigenvalue weighted by molar-refractivity contribution is -0.141. The van der Waals surface area contributed by atoms with Crippen molar-refractivity contribution in [2.45, 2.75) is 58.7 Å². The van der Waals surface area contributed by atoms with Crippen LogP contribution in [0, 0.1) is 0 Å². The highest BCUT2D eigenvalue weighted by Gasteiger charge is 2.29. The Morgan fingerprint density at radius 1 is 1.09 bits per heavy atom. The lowest BCUT2D eigenvalue weighted by Gasteiger charge is -2.31. The molecule has 0 saturated carbocycles. The number of halogens is 1. The number of carbonyl (C=O) groups excluding carboxylic acids is 2. The van der Waals surface area contributed by atoms with Crippen molar-refractivity contribution in [3.8, 4) is 11.5 Å². The molecule has 0 bridgehead atoms. The minimum absolute atomic E-state index is 0.00784. The Labute approximate surface area is 194 Å². The van der Waals surface area contributed by atoms with Crippen LogP contribution in [-0.4, -0.2) is 42.0 Å². The number of hydrogen-bond donors (Lipinski definition) is 1. The van der Waals surface area contributed by atoms with Crippen molar-refractivity contribution in [3.63, 3.8) is 0 Å². The van der Waals surface area contributed by atoms with Gasteiger partial charge in [0.25, 0.3) is 0 Å². The molecule has 1 N–H and O–H groups in total. The van der Waals surface area contributed by atoms with Crippen LogP contribution in [0.3, 0.4) is 0 Å². The minimum atomic E-state index is -0.568. The second-order valence-electron chi connectivity index (χ2n) is 8.18. The van der Waals surface area contributed by atoms with Crippen molar-refractivity contribution in [1.29, 1.82) is 0 Å². The summed E-state index contributed by atoms with van der Waals surface area (Å²) in [5, 5.41) is 3.52. The summed E-state index contributed by atoms with van der Waals surface area (Å²) in [5.74, 6) is 1.19. The van der Waals surface area contributed by atoms with Gasteiger partial charge in [0.05, 0.1) is 0 Å². The van der Waals surface area contributed by atoms with Gasteiger partial charge in [0.15, 0.2) is 11.5 Å². The fourth-order valence-corrected chi connectivity index (χ4v) is 3.94. The maximum absolute atomic E-state index is 13.4. The van der Waals surface area contributed by atoms with E-state index < -0.39 is 6.04 Å². The molecule has 0 saturated heterocycles. The molecule has 1 aliphatic heterocycles. The van der Waals surface area contributed by atoms with Crippen LogP contribution in [-0.2, 0) is 22.6 Å². The van der Waals surface area contributed by atoms with E-state index in [9.17, 15) is 9.59 Å². The predicted octanol–water partition coefficient (Wildman–Crippen LogP) is 4.38. The van der Waals surface area contributed by atoms with Gasteiger partial charge in [0.2, 0.25) is 11.8 Å². The Bertz CT molecular complexity index is 947. The largest absolute Gasteiger partial charge is 0.486 e. The number of aryl methyl sites for hydroxylation is 1. The molecule has 6 nitrogen and oxygen atoms in total. The van der Waals surface area contributed by atoms with E-state index in [1.165, 1.54) is 0 Å². The fourth-order valence-electron chi connectivity index (χ4n) is 3.75. The number of ether oxygens (including phenoxy) is 2. The van der Waals surface area contributed by atoms with Gasteiger partial charge in [-0.3, -0.25) is 9.59 Å². The fraction of sp³-hybridized carbons (Fsp3) is 0.440. The summed E-state index contributed by atoms with van der Waals surface area (Å²) in [6.07, 6.45) is 1.32. The number of carbonyl (C=O) groups is 2. The molecule has 2 aromatic carbocycles. The van der Waals surface area contributed by atoms with Gasteiger partial charge >= 0.3 is 0 Å². The first-order chi connectivity index (χ1) is 15.4. The smallest absolute Gasteiger partial charge is 0.243 e. The van der Waals surface area contributed by atoms with Gasteiger partial charge in [-0.2, -0.15) is 0 Å². The van der Waals surface area contributed by atoms with Gasteiger partial charge in [-0.15, -0.1) is 0 Å². The number of fused-ring (bicyclic) bond motifs is 1. The van der Waals surface area contributed by atoms with Crippen LogP contribution in [0.2, 0.25) is 5.02 Å². The van der Waals surface area contributed by atoms with Crippen LogP contribution in [0.25, 0.3) is 0 Å². The molecule has 0 unspecified atom stereocenters. The van der Waals surface area contributed by atoms with Gasteiger partial charge < -0.3 is 19.7 Å². The van der Waals surface area contributed by atoms with Gasteiger partial charge in [-0.25, -0.2) is 0 Å². The van der Waals surface area contributed by atoms with Crippen molar-refractivity contribution in [2.75, 3.05) is 13.2 Å². The highest BCUT2D eigenvalue weighted by Crippen LogP contribution is 2.31. The van der Waals surface area contributed by atoms with Crippen LogP contribution in [0.15, 0.2) is 42.5 Å². The van der Waals surface area contributed by atoms with Crippen molar-refractivity contribution < 1.29 is 19.1 Å². The maximum atomic E-state index is 13.4. The van der Waals surface area contributed by atoms with Crippen LogP contribution in [0.4, 0.5) is 0 Å². The first-order valence-electron chi connectivity index (χ1n) is 11.1. The van der Waals surface area contributed by atoms with E-state index in [1.54, 1.807) is 11.0 Å². The van der Waals surface area contributed by atoms with Crippen molar-refractivity contribution in [2.24, 2.45) is 0 Å². The Balaban J connectivity index is 1.77. The van der Waals surface area contributed by atoms with Crippen LogP contribution in [0.1, 0.15) is 44.7 Å². The normalized spacial score (nSPS) is 13.5. The van der Waals surface area contributed by atoms with Gasteiger partial charge in [-0.1, -0.05) is 42.8 Å². The highest BCUT2D eigenvalue weighted by molar-refractivity contribution is 6.31. The Kier molecular flexibility index (Phi) is 8.39. The molecule has 3 rings (SSSR count). The molecule has 32 heavy (non-hydrogen) atoms. The molecular formula is C25H31ClN2O4. The Morgan fingerprint density at radius 3 is 2.50 bits per heavy atom. The zero-order valence-electron chi connectivity index (χ0n) is 18.9. The molecule has 7 heteroatoms. The highest BCUT2D eigenvalue weighted by atomic mass is 35.5. The lowest BCUT2D eigenvalue weighted by Crippen LogP contribution is -2.50. The van der Waals surface area contributed by atoms with E-state index in [0.29, 0.717) is 36.8 Å². The third-order valence-corrected chi connectivity index (χ3v) is 5.72. The Hall–Kier alpha value is -2.73. The second kappa shape index (κ2) is 11.2. The molecule has 1 heterocycles. The number of rotatable bonds is 9. The first-order valence-corrected chi connectivity index (χ1v) is 11.5. The number of amides is 2. The predicted molar refractivity (Wildman–Crippen MR) is 125 cm³/mol. The molecule has 0 fully saturated rings. The molecule has 0 aromatic heterocycles. The topological polar surface area (TPSA) is 67.9 Å². The van der Waals surface area contributed by atoms with E-state index in [-0.39, 0.29) is 30.8 Å². The minimum Gasteiger partial charge on any atom is -0.486 e. The van der Waals surface area contributed by atoms with Gasteiger partial charge in [0.1, 0.15) is 19.3 Å². The molecule has 2 aromatic rings. The molecule has 1 aliphatic rings. The third kappa shape index (κ3) is 6.16. The summed E-state index contributed by atoms with van der Waals surface area (Å²) in [5.41, 5.74) is 1.80. The standard InChI is InChI=1S/C25H31ClN2O4/c1-4-21(25(30)27-17(2)3)28(16-19-7-5-6-8-20(19)26)24(29)12-10-18-9-11-22-23(15-18)32-14-13-31-22/h5-9,11,15,17,21H,4,10,12-14,16H2,1-3H3,(H,27,30)/t21-/m1/s1. The summed E-state index contributed by atoms with van der Waals surface area (Å²) in [4.78, 5) is 27.9. The summed E-state index contributed by atoms with van der Waals surface area (Å²) in [7, 11) is 0. The number of hydrogen-bond acceptors (Lipinski definition) is 4. The zero-order valence-corrected chi connectivity index (χ0v) is 19.7. The zero-order chi connectivity index (χ0) is 23.1. The molecule has 0 aliphatic carbocycles. The Morgan fingerprint density at radius 2 is 1.81 bits per heavy atom. The van der Waals surface area contributed by atoms with E-state index in [0.717, 1.165) is 16.9 Å². The molecule has 172 valence electrons. The summed E-state index contributed by atoms with van der Waals surface area (Å²) < 4.78 is 11.2. The van der Waals surface area contributed by atoms with Crippen LogP contribution < -0.4 is 14.8 Å². The SMILES string of the molecule is CC[C@H](C(=O)NC(C)C)N(Cc1ccccc1Cl)C(=O)CCc1ccc2c(c1)OCCO2. The quantitative estimate of drug-likeness (QED) is 0.605. The number of nitrogens with one attached hydrogen (secondary N) is 1. The van der Waals surface area contributed by atoms with Gasteiger partial charge in [-0.05, 0) is 56.0 Å². The molecule has 0 spiro atoms. The second-order valence-corrected chi connectivity index (χ2v) is 8.59. The summed E-state index contributed by atoms with van der Waals surface area (Å²) in [6.45, 7) is 7.07. The van der Waals surface area contributed by atoms with Crippen molar-refractivity contribution in [1.82, 2.24) is 10.2 Å². The van der Waals surface area contributed by atoms with Crippen molar-refractivity contribution >= 4 is 23.4 Å². The maximum Gasteiger partial charge on any atom is 0.243 e. The monoisotopic (exact) mass is 458 g/mol. The number of nitrogens with zero attached hydrogens (tertiary/aromatic N) is 1. The average molecular weight is 459 g/mol. The molecule has 2 amide bonds. The third-order valence-electron chi connectivity index (χ3n) is 5.35. The molecular weight excluding hydrogens is 428 g/mol. The van der Waals surface area contributed by atoms with E-state index in [1.807, 2.05) is 57.2 Å². The first kappa shape index (κ1) is 23.9. The average Bonchev–Trinajstić information content (AvgIpc) is 2.78. The molecule has 0 radical (unpaired) electrons. The van der Waals surface area contributed by atoms with Crippen molar-refractivity contribution in [3.05, 3.63) is 58.6 Å². The van der Waals surface area contributed by atoms with E-state index >= 15 is 0 Å². The van der Waals surface area contributed by atoms with E-state index in [2.05, 4.69) is 5.32 Å². The number of benzene rings is 2. The summed E-state index contributed by atoms with van der Waals surface area (Å²) >= 11 is 6.36. The summed E-state index contributed by atoms with van der Waals surface area (Å²) in [6, 6.07) is 12.6. The van der Waals surface area contributed by atoms with Crippen LogP contribution >= 0.6 is 11.6 Å². The van der Waals surface area contributed by atoms with Crippen LogP contribution in [0.5, 0.6) is 11.5 Å². The lowest BCUT2D eigenvalue weighted by atomic mass is 10.1. The molecule has 1 atom stereocenters.